The van der Waals surface area contributed by atoms with Crippen molar-refractivity contribution in [3.63, 3.8) is 0 Å². The van der Waals surface area contributed by atoms with Crippen LogP contribution in [0.3, 0.4) is 0 Å². The third kappa shape index (κ3) is 4.50. The topological polar surface area (TPSA) is 56.2 Å². The van der Waals surface area contributed by atoms with Crippen LogP contribution in [0.1, 0.15) is 32.0 Å². The van der Waals surface area contributed by atoms with Crippen molar-refractivity contribution in [2.45, 2.75) is 39.4 Å². The van der Waals surface area contributed by atoms with Crippen LogP contribution in [0.2, 0.25) is 0 Å². The normalized spacial score (nSPS) is 12.1. The van der Waals surface area contributed by atoms with Gasteiger partial charge in [-0.15, -0.1) is 5.10 Å². The molecule has 0 unspecified atom stereocenters. The minimum Gasteiger partial charge on any atom is -0.438 e. The van der Waals surface area contributed by atoms with Gasteiger partial charge < -0.3 is 10.1 Å². The number of carbonyl (C=O) groups excluding carboxylic acids is 1. The molecule has 1 aromatic carbocycles. The third-order valence-corrected chi connectivity index (χ3v) is 2.92. The maximum absolute atomic E-state index is 12.7. The summed E-state index contributed by atoms with van der Waals surface area (Å²) in [7, 11) is 0. The summed E-state index contributed by atoms with van der Waals surface area (Å²) in [5.41, 5.74) is -0.766. The Bertz CT molecular complexity index is 746. The Kier molecular flexibility index (Phi) is 4.59. The molecule has 0 bridgehead atoms. The third-order valence-electron chi connectivity index (χ3n) is 2.92. The highest BCUT2D eigenvalue weighted by Gasteiger charge is 2.30. The number of alkyl halides is 3. The Morgan fingerprint density at radius 3 is 2.46 bits per heavy atom. The van der Waals surface area contributed by atoms with Crippen molar-refractivity contribution >= 4 is 6.03 Å². The van der Waals surface area contributed by atoms with Crippen molar-refractivity contribution in [2.24, 2.45) is 0 Å². The fourth-order valence-corrected chi connectivity index (χ4v) is 1.93. The van der Waals surface area contributed by atoms with Crippen LogP contribution in [0, 0.1) is 6.92 Å². The number of hydrogen-bond donors (Lipinski definition) is 1. The van der Waals surface area contributed by atoms with Crippen LogP contribution in [-0.4, -0.2) is 21.4 Å². The number of aryl methyl sites for hydroxylation is 1. The lowest BCUT2D eigenvalue weighted by Gasteiger charge is -2.20. The predicted molar refractivity (Wildman–Crippen MR) is 82.2 cm³/mol. The van der Waals surface area contributed by atoms with E-state index in [1.54, 1.807) is 6.92 Å². The van der Waals surface area contributed by atoms with Crippen molar-refractivity contribution < 1.29 is 22.7 Å². The average molecular weight is 341 g/mol. The van der Waals surface area contributed by atoms with Gasteiger partial charge in [-0.1, -0.05) is 6.07 Å². The molecule has 0 saturated heterocycles. The lowest BCUT2D eigenvalue weighted by molar-refractivity contribution is -0.137. The lowest BCUT2D eigenvalue weighted by atomic mass is 10.1. The van der Waals surface area contributed by atoms with E-state index in [4.69, 9.17) is 4.74 Å². The lowest BCUT2D eigenvalue weighted by Crippen LogP contribution is -2.43. The molecule has 0 atom stereocenters. The first-order chi connectivity index (χ1) is 11.0. The Morgan fingerprint density at radius 2 is 1.88 bits per heavy atom. The van der Waals surface area contributed by atoms with Gasteiger partial charge in [0.05, 0.1) is 11.3 Å². The van der Waals surface area contributed by atoms with Crippen molar-refractivity contribution in [2.75, 3.05) is 0 Å². The van der Waals surface area contributed by atoms with Crippen LogP contribution in [0.5, 0.6) is 11.6 Å². The van der Waals surface area contributed by atoms with Crippen molar-refractivity contribution in [1.82, 2.24) is 15.1 Å². The number of halogens is 3. The Balaban J connectivity index is 2.21. The molecule has 0 spiro atoms. The van der Waals surface area contributed by atoms with Gasteiger partial charge in [0.2, 0.25) is 5.88 Å². The van der Waals surface area contributed by atoms with Gasteiger partial charge >= 0.3 is 12.2 Å². The highest BCUT2D eigenvalue weighted by molar-refractivity contribution is 5.77. The average Bonchev–Trinajstić information content (AvgIpc) is 2.77. The minimum absolute atomic E-state index is 0.00861. The highest BCUT2D eigenvalue weighted by Crippen LogP contribution is 2.32. The van der Waals surface area contributed by atoms with E-state index in [2.05, 4.69) is 10.4 Å². The molecule has 1 amide bonds. The molecular formula is C16H18F3N3O2. The van der Waals surface area contributed by atoms with Crippen LogP contribution in [0.15, 0.2) is 30.3 Å². The zero-order valence-electron chi connectivity index (χ0n) is 13.7. The number of nitrogens with zero attached hydrogens (tertiary/aromatic N) is 2. The molecule has 130 valence electrons. The maximum atomic E-state index is 12.7. The molecule has 2 rings (SSSR count). The summed E-state index contributed by atoms with van der Waals surface area (Å²) in [6, 6.07) is 5.49. The first kappa shape index (κ1) is 17.8. The van der Waals surface area contributed by atoms with Crippen molar-refractivity contribution in [3.05, 3.63) is 41.6 Å². The van der Waals surface area contributed by atoms with Crippen LogP contribution >= 0.6 is 0 Å². The van der Waals surface area contributed by atoms with E-state index in [9.17, 15) is 18.0 Å². The Hall–Kier alpha value is -2.51. The Labute approximate surface area is 137 Å². The van der Waals surface area contributed by atoms with E-state index < -0.39 is 23.3 Å². The summed E-state index contributed by atoms with van der Waals surface area (Å²) in [4.78, 5) is 12.1. The number of rotatable bonds is 2. The largest absolute Gasteiger partial charge is 0.438 e. The standard InChI is InChI=1S/C16H18F3N3O2/c1-10-8-13(21-22(10)14(23)20-15(2,3)4)24-12-7-5-6-11(9-12)16(17,18)19/h5-9H,1-4H3,(H,20,23). The molecule has 0 aliphatic heterocycles. The van der Waals surface area contributed by atoms with E-state index >= 15 is 0 Å². The number of benzene rings is 1. The van der Waals surface area contributed by atoms with Crippen molar-refractivity contribution in [3.8, 4) is 11.6 Å². The number of aromatic nitrogens is 2. The fraction of sp³-hybridized carbons (Fsp3) is 0.375. The monoisotopic (exact) mass is 341 g/mol. The zero-order valence-corrected chi connectivity index (χ0v) is 13.7. The second-order valence-corrected chi connectivity index (χ2v) is 6.34. The predicted octanol–water partition coefficient (Wildman–Crippen LogP) is 4.36. The molecule has 8 heteroatoms. The van der Waals surface area contributed by atoms with Crippen LogP contribution in [-0.2, 0) is 6.18 Å². The van der Waals surface area contributed by atoms with E-state index in [1.165, 1.54) is 18.2 Å². The first-order valence-corrected chi connectivity index (χ1v) is 7.20. The molecule has 0 aliphatic rings. The van der Waals surface area contributed by atoms with E-state index in [0.29, 0.717) is 5.69 Å². The maximum Gasteiger partial charge on any atom is 0.416 e. The number of amides is 1. The summed E-state index contributed by atoms with van der Waals surface area (Å²) >= 11 is 0. The molecule has 24 heavy (non-hydrogen) atoms. The molecule has 0 aliphatic carbocycles. The Morgan fingerprint density at radius 1 is 1.21 bits per heavy atom. The second-order valence-electron chi connectivity index (χ2n) is 6.34. The van der Waals surface area contributed by atoms with Crippen molar-refractivity contribution in [1.29, 1.82) is 0 Å². The molecule has 0 radical (unpaired) electrons. The van der Waals surface area contributed by atoms with Crippen LogP contribution < -0.4 is 10.1 Å². The van der Waals surface area contributed by atoms with Crippen LogP contribution in [0.25, 0.3) is 0 Å². The number of hydrogen-bond acceptors (Lipinski definition) is 3. The number of ether oxygens (including phenoxy) is 1. The summed E-state index contributed by atoms with van der Waals surface area (Å²) in [6.07, 6.45) is -4.46. The van der Waals surface area contributed by atoms with E-state index in [-0.39, 0.29) is 11.6 Å². The summed E-state index contributed by atoms with van der Waals surface area (Å²) in [6.45, 7) is 7.12. The quantitative estimate of drug-likeness (QED) is 0.883. The van der Waals surface area contributed by atoms with Gasteiger partial charge in [0, 0.05) is 11.6 Å². The molecule has 2 aromatic rings. The fourth-order valence-electron chi connectivity index (χ4n) is 1.93. The smallest absolute Gasteiger partial charge is 0.416 e. The molecule has 0 saturated carbocycles. The van der Waals surface area contributed by atoms with Gasteiger partial charge in [-0.3, -0.25) is 0 Å². The van der Waals surface area contributed by atoms with Crippen LogP contribution in [0.4, 0.5) is 18.0 Å². The molecule has 1 heterocycles. The van der Waals surface area contributed by atoms with Gasteiger partial charge in [0.1, 0.15) is 5.75 Å². The molecule has 1 N–H and O–H groups in total. The number of carbonyl (C=O) groups is 1. The molecule has 5 nitrogen and oxygen atoms in total. The van der Waals surface area contributed by atoms with E-state index in [1.807, 2.05) is 20.8 Å². The zero-order chi connectivity index (χ0) is 18.1. The van der Waals surface area contributed by atoms with E-state index in [0.717, 1.165) is 16.8 Å². The summed E-state index contributed by atoms with van der Waals surface area (Å²) in [5.74, 6) is 0.0292. The minimum atomic E-state index is -4.46. The van der Waals surface area contributed by atoms with Gasteiger partial charge in [0.25, 0.3) is 0 Å². The first-order valence-electron chi connectivity index (χ1n) is 7.20. The SMILES string of the molecule is Cc1cc(Oc2cccc(C(F)(F)F)c2)nn1C(=O)NC(C)(C)C. The van der Waals surface area contributed by atoms with Gasteiger partial charge in [0.15, 0.2) is 0 Å². The second kappa shape index (κ2) is 6.18. The molecular weight excluding hydrogens is 323 g/mol. The highest BCUT2D eigenvalue weighted by atomic mass is 19.4. The van der Waals surface area contributed by atoms with Gasteiger partial charge in [-0.25, -0.2) is 4.79 Å². The summed E-state index contributed by atoms with van der Waals surface area (Å²) in [5, 5.41) is 6.72. The van der Waals surface area contributed by atoms with Gasteiger partial charge in [-0.05, 0) is 45.9 Å². The summed E-state index contributed by atoms with van der Waals surface area (Å²) < 4.78 is 44.6. The van der Waals surface area contributed by atoms with Gasteiger partial charge in [-0.2, -0.15) is 17.9 Å². The molecule has 0 fully saturated rings. The number of nitrogens with one attached hydrogen (secondary N) is 1. The molecule has 1 aromatic heterocycles.